The summed E-state index contributed by atoms with van der Waals surface area (Å²) in [7, 11) is 1.69. The van der Waals surface area contributed by atoms with Gasteiger partial charge in [-0.3, -0.25) is 4.79 Å². The van der Waals surface area contributed by atoms with E-state index in [4.69, 9.17) is 9.72 Å². The van der Waals surface area contributed by atoms with Crippen LogP contribution in [0.25, 0.3) is 0 Å². The Labute approximate surface area is 178 Å². The fourth-order valence-corrected chi connectivity index (χ4v) is 4.63. The van der Waals surface area contributed by atoms with Gasteiger partial charge in [0.05, 0.1) is 7.11 Å². The number of aryl methyl sites for hydroxylation is 2. The highest BCUT2D eigenvalue weighted by atomic mass is 16.5. The number of ether oxygens (including phenoxy) is 1. The minimum Gasteiger partial charge on any atom is -0.496 e. The number of hydrogen-bond acceptors (Lipinski definition) is 5. The summed E-state index contributed by atoms with van der Waals surface area (Å²) in [5.74, 6) is 2.23. The lowest BCUT2D eigenvalue weighted by Gasteiger charge is -2.17. The first-order valence-electron chi connectivity index (χ1n) is 11.1. The molecule has 6 nitrogen and oxygen atoms in total. The lowest BCUT2D eigenvalue weighted by atomic mass is 9.95. The van der Waals surface area contributed by atoms with Gasteiger partial charge in [-0.25, -0.2) is 9.97 Å². The lowest BCUT2D eigenvalue weighted by molar-refractivity contribution is 0.0954. The molecule has 0 saturated carbocycles. The summed E-state index contributed by atoms with van der Waals surface area (Å²) in [6.45, 7) is 4.70. The maximum Gasteiger partial charge on any atom is 0.251 e. The molecular formula is C24H32N4O2. The van der Waals surface area contributed by atoms with Crippen molar-refractivity contribution in [2.24, 2.45) is 5.92 Å². The van der Waals surface area contributed by atoms with Gasteiger partial charge in [0.25, 0.3) is 5.91 Å². The number of aromatic nitrogens is 2. The number of amides is 1. The van der Waals surface area contributed by atoms with Crippen LogP contribution >= 0.6 is 0 Å². The molecule has 0 spiro atoms. The molecule has 0 bridgehead atoms. The van der Waals surface area contributed by atoms with Crippen LogP contribution in [-0.4, -0.2) is 42.6 Å². The third-order valence-corrected chi connectivity index (χ3v) is 6.28. The minimum absolute atomic E-state index is 0.0573. The van der Waals surface area contributed by atoms with Crippen molar-refractivity contribution in [3.63, 3.8) is 0 Å². The van der Waals surface area contributed by atoms with E-state index in [0.29, 0.717) is 24.4 Å². The third-order valence-electron chi connectivity index (χ3n) is 6.28. The van der Waals surface area contributed by atoms with E-state index >= 15 is 0 Å². The number of nitrogens with one attached hydrogen (secondary N) is 2. The van der Waals surface area contributed by atoms with Crippen LogP contribution in [0, 0.1) is 12.8 Å². The molecule has 30 heavy (non-hydrogen) atoms. The Morgan fingerprint density at radius 2 is 2.13 bits per heavy atom. The van der Waals surface area contributed by atoms with Gasteiger partial charge in [-0.15, -0.1) is 0 Å². The normalized spacial score (nSPS) is 18.1. The Morgan fingerprint density at radius 3 is 2.93 bits per heavy atom. The van der Waals surface area contributed by atoms with Crippen LogP contribution in [0.15, 0.2) is 18.2 Å². The molecular weight excluding hydrogens is 376 g/mol. The minimum atomic E-state index is -0.0573. The lowest BCUT2D eigenvalue weighted by Crippen LogP contribution is -2.26. The average Bonchev–Trinajstić information content (AvgIpc) is 3.27. The number of hydrogen-bond donors (Lipinski definition) is 2. The predicted octanol–water partition coefficient (Wildman–Crippen LogP) is 2.80. The van der Waals surface area contributed by atoms with Crippen LogP contribution in [0.3, 0.4) is 0 Å². The first-order valence-corrected chi connectivity index (χ1v) is 11.1. The SMILES string of the molecule is COc1ccc(C(=O)NCCc2nc(C)c3c(n2)CCCC3)cc1CC1CCNC1. The second-order valence-corrected chi connectivity index (χ2v) is 8.45. The Kier molecular flexibility index (Phi) is 6.62. The summed E-state index contributed by atoms with van der Waals surface area (Å²) in [4.78, 5) is 22.1. The van der Waals surface area contributed by atoms with Gasteiger partial charge < -0.3 is 15.4 Å². The van der Waals surface area contributed by atoms with Crippen molar-refractivity contribution >= 4 is 5.91 Å². The topological polar surface area (TPSA) is 76.1 Å². The second kappa shape index (κ2) is 9.56. The highest BCUT2D eigenvalue weighted by molar-refractivity contribution is 5.94. The molecule has 2 aromatic rings. The van der Waals surface area contributed by atoms with Crippen LogP contribution in [0.4, 0.5) is 0 Å². The van der Waals surface area contributed by atoms with E-state index in [1.807, 2.05) is 18.2 Å². The summed E-state index contributed by atoms with van der Waals surface area (Å²) in [6, 6.07) is 5.72. The van der Waals surface area contributed by atoms with E-state index in [2.05, 4.69) is 22.5 Å². The number of rotatable bonds is 7. The van der Waals surface area contributed by atoms with Crippen molar-refractivity contribution in [1.29, 1.82) is 0 Å². The summed E-state index contributed by atoms with van der Waals surface area (Å²) >= 11 is 0. The molecule has 6 heteroatoms. The zero-order chi connectivity index (χ0) is 20.9. The zero-order valence-electron chi connectivity index (χ0n) is 18.1. The van der Waals surface area contributed by atoms with Crippen molar-refractivity contribution < 1.29 is 9.53 Å². The fraction of sp³-hybridized carbons (Fsp3) is 0.542. The maximum atomic E-state index is 12.7. The van der Waals surface area contributed by atoms with Crippen LogP contribution in [0.1, 0.15) is 58.0 Å². The first kappa shape index (κ1) is 20.8. The van der Waals surface area contributed by atoms with Crippen molar-refractivity contribution in [1.82, 2.24) is 20.6 Å². The standard InChI is InChI=1S/C24H32N4O2/c1-16-20-5-3-4-6-21(20)28-23(27-16)10-12-26-24(29)18-7-8-22(30-2)19(14-18)13-17-9-11-25-15-17/h7-8,14,17,25H,3-6,9-13,15H2,1-2H3,(H,26,29). The molecule has 1 unspecified atom stereocenters. The molecule has 2 N–H and O–H groups in total. The molecule has 1 fully saturated rings. The van der Waals surface area contributed by atoms with E-state index in [-0.39, 0.29) is 5.91 Å². The van der Waals surface area contributed by atoms with Gasteiger partial charge in [-0.1, -0.05) is 0 Å². The molecule has 1 aliphatic carbocycles. The Balaban J connectivity index is 1.37. The highest BCUT2D eigenvalue weighted by Crippen LogP contribution is 2.25. The Hall–Kier alpha value is -2.47. The zero-order valence-corrected chi connectivity index (χ0v) is 18.1. The summed E-state index contributed by atoms with van der Waals surface area (Å²) < 4.78 is 5.52. The smallest absolute Gasteiger partial charge is 0.251 e. The van der Waals surface area contributed by atoms with E-state index in [0.717, 1.165) is 55.2 Å². The number of methoxy groups -OCH3 is 1. The van der Waals surface area contributed by atoms with Gasteiger partial charge in [0.2, 0.25) is 0 Å². The quantitative estimate of drug-likeness (QED) is 0.737. The molecule has 1 amide bonds. The number of carbonyl (C=O) groups is 1. The molecule has 160 valence electrons. The van der Waals surface area contributed by atoms with Crippen molar-refractivity contribution in [2.45, 2.75) is 51.9 Å². The first-order chi connectivity index (χ1) is 14.6. The van der Waals surface area contributed by atoms with Gasteiger partial charge >= 0.3 is 0 Å². The molecule has 2 aliphatic rings. The summed E-state index contributed by atoms with van der Waals surface area (Å²) in [5, 5.41) is 6.43. The predicted molar refractivity (Wildman–Crippen MR) is 117 cm³/mol. The van der Waals surface area contributed by atoms with Gasteiger partial charge in [0.15, 0.2) is 0 Å². The van der Waals surface area contributed by atoms with E-state index in [1.54, 1.807) is 7.11 Å². The van der Waals surface area contributed by atoms with Crippen LogP contribution in [0.5, 0.6) is 5.75 Å². The molecule has 1 aliphatic heterocycles. The Bertz CT molecular complexity index is 906. The monoisotopic (exact) mass is 408 g/mol. The van der Waals surface area contributed by atoms with E-state index in [9.17, 15) is 4.79 Å². The molecule has 4 rings (SSSR count). The van der Waals surface area contributed by atoms with Gasteiger partial charge in [-0.2, -0.15) is 0 Å². The molecule has 1 saturated heterocycles. The van der Waals surface area contributed by atoms with Crippen LogP contribution in [-0.2, 0) is 25.7 Å². The highest BCUT2D eigenvalue weighted by Gasteiger charge is 2.19. The van der Waals surface area contributed by atoms with Gasteiger partial charge in [-0.05, 0) is 93.8 Å². The number of nitrogens with zero attached hydrogens (tertiary/aromatic N) is 2. The van der Waals surface area contributed by atoms with Gasteiger partial charge in [0, 0.05) is 29.9 Å². The molecule has 1 aromatic heterocycles. The largest absolute Gasteiger partial charge is 0.496 e. The van der Waals surface area contributed by atoms with Crippen molar-refractivity contribution in [3.8, 4) is 5.75 Å². The maximum absolute atomic E-state index is 12.7. The van der Waals surface area contributed by atoms with Gasteiger partial charge in [0.1, 0.15) is 11.6 Å². The number of benzene rings is 1. The van der Waals surface area contributed by atoms with E-state index in [1.165, 1.54) is 30.5 Å². The van der Waals surface area contributed by atoms with E-state index < -0.39 is 0 Å². The van der Waals surface area contributed by atoms with Crippen LogP contribution in [0.2, 0.25) is 0 Å². The van der Waals surface area contributed by atoms with Crippen molar-refractivity contribution in [2.75, 3.05) is 26.7 Å². The summed E-state index contributed by atoms with van der Waals surface area (Å²) in [5.41, 5.74) is 5.42. The summed E-state index contributed by atoms with van der Waals surface area (Å²) in [6.07, 6.45) is 7.32. The number of fused-ring (bicyclic) bond motifs is 1. The Morgan fingerprint density at radius 1 is 1.27 bits per heavy atom. The molecule has 2 heterocycles. The second-order valence-electron chi connectivity index (χ2n) is 8.45. The third kappa shape index (κ3) is 4.81. The van der Waals surface area contributed by atoms with Crippen LogP contribution < -0.4 is 15.4 Å². The molecule has 1 atom stereocenters. The molecule has 1 aromatic carbocycles. The van der Waals surface area contributed by atoms with Crippen molar-refractivity contribution in [3.05, 3.63) is 52.1 Å². The average molecular weight is 409 g/mol. The fourth-order valence-electron chi connectivity index (χ4n) is 4.63. The number of carbonyl (C=O) groups excluding carboxylic acids is 1. The molecule has 0 radical (unpaired) electrons.